The van der Waals surface area contributed by atoms with Crippen LogP contribution in [0.3, 0.4) is 0 Å². The van der Waals surface area contributed by atoms with Crippen molar-refractivity contribution in [3.8, 4) is 0 Å². The highest BCUT2D eigenvalue weighted by molar-refractivity contribution is 6.00. The maximum Gasteiger partial charge on any atom is 0.417 e. The topological polar surface area (TPSA) is 37.7 Å². The van der Waals surface area contributed by atoms with Gasteiger partial charge in [0.2, 0.25) is 0 Å². The Morgan fingerprint density at radius 1 is 1.27 bits per heavy atom. The number of nitrogens with zero attached hydrogens (tertiary/aromatic N) is 3. The Kier molecular flexibility index (Phi) is 3.78. The van der Waals surface area contributed by atoms with Crippen molar-refractivity contribution in [3.05, 3.63) is 53.2 Å². The van der Waals surface area contributed by atoms with Gasteiger partial charge in [0, 0.05) is 18.6 Å². The molecule has 0 radical (unpaired) electrons. The monoisotopic (exact) mass is 371 g/mol. The smallest absolute Gasteiger partial charge is 0.417 e. The fourth-order valence-electron chi connectivity index (χ4n) is 3.78. The second kappa shape index (κ2) is 5.78. The van der Waals surface area contributed by atoms with Gasteiger partial charge in [-0.3, -0.25) is 9.98 Å². The molecule has 2 aliphatic heterocycles. The first-order valence-electron chi connectivity index (χ1n) is 8.04. The molecule has 0 saturated heterocycles. The summed E-state index contributed by atoms with van der Waals surface area (Å²) in [5.41, 5.74) is 0.0192. The van der Waals surface area contributed by atoms with Gasteiger partial charge in [-0.15, -0.1) is 0 Å². The molecule has 1 atom stereocenters. The fourth-order valence-corrected chi connectivity index (χ4v) is 3.78. The second-order valence-electron chi connectivity index (χ2n) is 6.45. The summed E-state index contributed by atoms with van der Waals surface area (Å²) in [4.78, 5) is 9.91. The molecule has 0 amide bonds. The lowest BCUT2D eigenvalue weighted by Crippen LogP contribution is -2.36. The van der Waals surface area contributed by atoms with Crippen molar-refractivity contribution in [2.75, 3.05) is 6.54 Å². The number of aliphatic imine (C=N–C) groups is 1. The Balaban J connectivity index is 1.80. The van der Waals surface area contributed by atoms with E-state index in [2.05, 4.69) is 14.7 Å². The Morgan fingerprint density at radius 3 is 2.81 bits per heavy atom. The minimum absolute atomic E-state index is 0.00274. The number of rotatable bonds is 2. The summed E-state index contributed by atoms with van der Waals surface area (Å²) in [5.74, 6) is -0.559. The number of hydrogen-bond acceptors (Lipinski definition) is 4. The van der Waals surface area contributed by atoms with Gasteiger partial charge < -0.3 is 9.64 Å². The predicted octanol–water partition coefficient (Wildman–Crippen LogP) is 3.91. The summed E-state index contributed by atoms with van der Waals surface area (Å²) in [6.45, 7) is -3.10. The lowest BCUT2D eigenvalue weighted by atomic mass is 9.78. The first-order valence-corrected chi connectivity index (χ1v) is 8.04. The zero-order valence-electron chi connectivity index (χ0n) is 13.4. The van der Waals surface area contributed by atoms with Gasteiger partial charge >= 0.3 is 12.8 Å². The lowest BCUT2D eigenvalue weighted by molar-refractivity contribution is -0.0981. The molecular weight excluding hydrogens is 357 g/mol. The molecule has 3 heterocycles. The largest absolute Gasteiger partial charge is 0.431 e. The Morgan fingerprint density at radius 2 is 2.08 bits per heavy atom. The minimum atomic E-state index is -4.67. The molecule has 0 bridgehead atoms. The number of alkyl halides is 5. The maximum atomic E-state index is 13.2. The van der Waals surface area contributed by atoms with Crippen LogP contribution in [0.5, 0.6) is 0 Å². The molecular formula is C17H14F5N3O. The number of allylic oxidation sites excluding steroid dienone is 2. The average Bonchev–Trinajstić information content (AvgIpc) is 2.93. The first-order chi connectivity index (χ1) is 12.3. The van der Waals surface area contributed by atoms with Gasteiger partial charge in [-0.1, -0.05) is 0 Å². The molecule has 0 aromatic carbocycles. The minimum Gasteiger partial charge on any atom is -0.431 e. The Hall–Kier alpha value is -2.45. The number of amidine groups is 1. The van der Waals surface area contributed by atoms with E-state index in [1.165, 1.54) is 4.90 Å². The Bertz CT molecular complexity index is 830. The van der Waals surface area contributed by atoms with Crippen LogP contribution in [-0.4, -0.2) is 35.1 Å². The van der Waals surface area contributed by atoms with Gasteiger partial charge in [0.1, 0.15) is 5.54 Å². The number of fused-ring (bicyclic) bond motifs is 3. The van der Waals surface area contributed by atoms with Crippen LogP contribution in [0.4, 0.5) is 22.0 Å². The summed E-state index contributed by atoms with van der Waals surface area (Å²) in [7, 11) is 0. The molecule has 1 aromatic rings. The van der Waals surface area contributed by atoms with Crippen LogP contribution in [0.2, 0.25) is 0 Å². The molecule has 0 N–H and O–H groups in total. The van der Waals surface area contributed by atoms with E-state index in [0.717, 1.165) is 30.2 Å². The van der Waals surface area contributed by atoms with Gasteiger partial charge in [-0.05, 0) is 42.5 Å². The van der Waals surface area contributed by atoms with Crippen molar-refractivity contribution in [3.63, 3.8) is 0 Å². The van der Waals surface area contributed by atoms with Gasteiger partial charge in [-0.25, -0.2) is 0 Å². The highest BCUT2D eigenvalue weighted by atomic mass is 19.4. The summed E-state index contributed by atoms with van der Waals surface area (Å²) in [5, 5.41) is 0. The highest BCUT2D eigenvalue weighted by Crippen LogP contribution is 2.45. The van der Waals surface area contributed by atoms with Crippen molar-refractivity contribution >= 4 is 5.84 Å². The van der Waals surface area contributed by atoms with E-state index in [-0.39, 0.29) is 12.4 Å². The third kappa shape index (κ3) is 2.75. The molecule has 3 aliphatic rings. The van der Waals surface area contributed by atoms with Crippen molar-refractivity contribution in [2.24, 2.45) is 4.99 Å². The van der Waals surface area contributed by atoms with E-state index in [1.54, 1.807) is 18.5 Å². The fraction of sp³-hybridized carbons (Fsp3) is 0.412. The summed E-state index contributed by atoms with van der Waals surface area (Å²) < 4.78 is 69.3. The van der Waals surface area contributed by atoms with Gasteiger partial charge in [-0.2, -0.15) is 22.0 Å². The third-order valence-corrected chi connectivity index (χ3v) is 4.81. The zero-order chi connectivity index (χ0) is 18.5. The molecule has 4 nitrogen and oxygen atoms in total. The van der Waals surface area contributed by atoms with Crippen molar-refractivity contribution < 1.29 is 26.7 Å². The van der Waals surface area contributed by atoms with Crippen LogP contribution in [-0.2, 0) is 16.7 Å². The molecule has 26 heavy (non-hydrogen) atoms. The van der Waals surface area contributed by atoms with Crippen molar-refractivity contribution in [1.82, 2.24) is 9.88 Å². The highest BCUT2D eigenvalue weighted by Gasteiger charge is 2.47. The van der Waals surface area contributed by atoms with Crippen molar-refractivity contribution in [2.45, 2.75) is 37.6 Å². The summed E-state index contributed by atoms with van der Waals surface area (Å²) in [6, 6.07) is 1.79. The van der Waals surface area contributed by atoms with Crippen LogP contribution < -0.4 is 0 Å². The summed E-state index contributed by atoms with van der Waals surface area (Å²) in [6.07, 6.45) is 2.33. The second-order valence-corrected chi connectivity index (χ2v) is 6.45. The van der Waals surface area contributed by atoms with E-state index < -0.39 is 29.7 Å². The van der Waals surface area contributed by atoms with Crippen LogP contribution in [0.15, 0.2) is 47.1 Å². The van der Waals surface area contributed by atoms with Crippen LogP contribution in [0, 0.1) is 0 Å². The average molecular weight is 371 g/mol. The van der Waals surface area contributed by atoms with E-state index in [0.29, 0.717) is 12.5 Å². The van der Waals surface area contributed by atoms with Gasteiger partial charge in [0.15, 0.2) is 11.6 Å². The predicted molar refractivity (Wildman–Crippen MR) is 82.3 cm³/mol. The SMILES string of the molecule is FC(F)OC1=CC(C(F)(F)F)=CN2CC3(CCCc4cnccc43)N=C12. The number of aryl methyl sites for hydroxylation is 1. The van der Waals surface area contributed by atoms with E-state index >= 15 is 0 Å². The number of pyridine rings is 1. The van der Waals surface area contributed by atoms with Crippen LogP contribution >= 0.6 is 0 Å². The number of hydrogen-bond donors (Lipinski definition) is 0. The number of halogens is 5. The molecule has 1 spiro atoms. The normalized spacial score (nSPS) is 24.8. The Labute approximate surface area is 145 Å². The molecule has 4 rings (SSSR count). The van der Waals surface area contributed by atoms with Crippen LogP contribution in [0.1, 0.15) is 24.0 Å². The lowest BCUT2D eigenvalue weighted by Gasteiger charge is -2.33. The van der Waals surface area contributed by atoms with Crippen LogP contribution in [0.25, 0.3) is 0 Å². The number of aromatic nitrogens is 1. The maximum absolute atomic E-state index is 13.2. The van der Waals surface area contributed by atoms with Gasteiger partial charge in [0.05, 0.1) is 12.1 Å². The zero-order valence-corrected chi connectivity index (χ0v) is 13.4. The molecule has 9 heteroatoms. The standard InChI is InChI=1S/C17H14F5N3O/c18-15(19)26-13-6-11(17(20,21)22)8-25-9-16(24-14(13)25)4-1-2-10-7-23-5-3-12(10)16/h3,5-8,15H,1-2,4,9H2. The quantitative estimate of drug-likeness (QED) is 0.740. The van der Waals surface area contributed by atoms with Crippen molar-refractivity contribution in [1.29, 1.82) is 0 Å². The molecule has 1 unspecified atom stereocenters. The summed E-state index contributed by atoms with van der Waals surface area (Å²) >= 11 is 0. The molecule has 0 saturated carbocycles. The molecule has 1 aliphatic carbocycles. The van der Waals surface area contributed by atoms with E-state index in [1.807, 2.05) is 0 Å². The van der Waals surface area contributed by atoms with Gasteiger partial charge in [0.25, 0.3) is 0 Å². The molecule has 138 valence electrons. The van der Waals surface area contributed by atoms with E-state index in [9.17, 15) is 22.0 Å². The molecule has 1 aromatic heterocycles. The molecule has 0 fully saturated rings. The van der Waals surface area contributed by atoms with E-state index in [4.69, 9.17) is 0 Å². The third-order valence-electron chi connectivity index (χ3n) is 4.81. The first kappa shape index (κ1) is 17.0. The number of ether oxygens (including phenoxy) is 1.